The molecule has 0 saturated heterocycles. The summed E-state index contributed by atoms with van der Waals surface area (Å²) < 4.78 is 4.61. The van der Waals surface area contributed by atoms with E-state index >= 15 is 0 Å². The summed E-state index contributed by atoms with van der Waals surface area (Å²) in [6, 6.07) is 6.49. The van der Waals surface area contributed by atoms with Crippen molar-refractivity contribution < 1.29 is 14.6 Å². The third kappa shape index (κ3) is 2.13. The normalized spacial score (nSPS) is 11.1. The van der Waals surface area contributed by atoms with Gasteiger partial charge in [-0.1, -0.05) is 18.2 Å². The highest BCUT2D eigenvalue weighted by molar-refractivity contribution is 6.16. The molecule has 0 atom stereocenters. The molecule has 1 rings (SSSR count). The number of ether oxygens (including phenoxy) is 1. The Bertz CT molecular complexity index is 367. The lowest BCUT2D eigenvalue weighted by molar-refractivity contribution is -0.133. The van der Waals surface area contributed by atoms with Crippen LogP contribution in [0, 0.1) is 0 Å². The van der Waals surface area contributed by atoms with Crippen molar-refractivity contribution in [2.24, 2.45) is 0 Å². The van der Waals surface area contributed by atoms with Crippen molar-refractivity contribution in [3.05, 3.63) is 35.9 Å². The molecule has 74 valence electrons. The Morgan fingerprint density at radius 1 is 1.50 bits per heavy atom. The van der Waals surface area contributed by atoms with Crippen molar-refractivity contribution >= 4 is 11.5 Å². The predicted octanol–water partition coefficient (Wildman–Crippen LogP) is 1.97. The van der Waals surface area contributed by atoms with E-state index in [4.69, 9.17) is 0 Å². The van der Waals surface area contributed by atoms with Crippen LogP contribution in [0.25, 0.3) is 5.57 Å². The molecule has 14 heavy (non-hydrogen) atoms. The van der Waals surface area contributed by atoms with Crippen LogP contribution in [0.15, 0.2) is 30.3 Å². The minimum Gasteiger partial charge on any atom is -0.508 e. The molecular weight excluding hydrogens is 180 g/mol. The summed E-state index contributed by atoms with van der Waals surface area (Å²) in [6.45, 7) is 1.75. The van der Waals surface area contributed by atoms with Gasteiger partial charge in [-0.2, -0.15) is 0 Å². The van der Waals surface area contributed by atoms with Crippen molar-refractivity contribution in [1.29, 1.82) is 0 Å². The lowest BCUT2D eigenvalue weighted by Gasteiger charge is -2.04. The van der Waals surface area contributed by atoms with Crippen molar-refractivity contribution in [2.75, 3.05) is 7.11 Å². The maximum Gasteiger partial charge on any atom is 0.338 e. The highest BCUT2D eigenvalue weighted by atomic mass is 16.5. The number of aromatic hydroxyl groups is 1. The first-order valence-electron chi connectivity index (χ1n) is 4.23. The number of phenolic OH excluding ortho intramolecular Hbond substituents is 1. The van der Waals surface area contributed by atoms with Gasteiger partial charge in [-0.05, 0) is 24.6 Å². The fourth-order valence-electron chi connectivity index (χ4n) is 1.19. The molecule has 0 unspecified atom stereocenters. The Morgan fingerprint density at radius 3 is 2.71 bits per heavy atom. The zero-order chi connectivity index (χ0) is 10.6. The number of hydrogen-bond acceptors (Lipinski definition) is 3. The Labute approximate surface area is 82.6 Å². The highest BCUT2D eigenvalue weighted by Gasteiger charge is 2.10. The first-order valence-corrected chi connectivity index (χ1v) is 4.23. The third-order valence-corrected chi connectivity index (χ3v) is 1.85. The standard InChI is InChI=1S/C11H12O3/c1-3-10(11(13)14-2)8-5-4-6-9(12)7-8/h3-7,12H,1-2H3. The van der Waals surface area contributed by atoms with E-state index in [1.165, 1.54) is 13.2 Å². The van der Waals surface area contributed by atoms with Crippen molar-refractivity contribution in [2.45, 2.75) is 6.92 Å². The van der Waals surface area contributed by atoms with Gasteiger partial charge >= 0.3 is 5.97 Å². The van der Waals surface area contributed by atoms with Gasteiger partial charge in [0.25, 0.3) is 0 Å². The van der Waals surface area contributed by atoms with Crippen molar-refractivity contribution in [3.8, 4) is 5.75 Å². The first kappa shape index (κ1) is 10.3. The fourth-order valence-corrected chi connectivity index (χ4v) is 1.19. The summed E-state index contributed by atoms with van der Waals surface area (Å²) in [4.78, 5) is 11.3. The Hall–Kier alpha value is -1.77. The molecule has 1 aromatic carbocycles. The van der Waals surface area contributed by atoms with Crippen molar-refractivity contribution in [1.82, 2.24) is 0 Å². The molecule has 1 aromatic rings. The number of hydrogen-bond donors (Lipinski definition) is 1. The topological polar surface area (TPSA) is 46.5 Å². The Kier molecular flexibility index (Phi) is 3.29. The summed E-state index contributed by atoms with van der Waals surface area (Å²) in [7, 11) is 1.33. The number of methoxy groups -OCH3 is 1. The minimum atomic E-state index is -0.405. The zero-order valence-electron chi connectivity index (χ0n) is 8.15. The maximum atomic E-state index is 11.3. The van der Waals surface area contributed by atoms with E-state index in [1.54, 1.807) is 31.2 Å². The fraction of sp³-hybridized carbons (Fsp3) is 0.182. The molecule has 3 heteroatoms. The van der Waals surface area contributed by atoms with Crippen LogP contribution < -0.4 is 0 Å². The second kappa shape index (κ2) is 4.46. The molecule has 0 heterocycles. The van der Waals surface area contributed by atoms with Crippen LogP contribution in [0.1, 0.15) is 12.5 Å². The molecule has 1 N–H and O–H groups in total. The average molecular weight is 192 g/mol. The quantitative estimate of drug-likeness (QED) is 0.575. The van der Waals surface area contributed by atoms with Crippen LogP contribution in [0.3, 0.4) is 0 Å². The lowest BCUT2D eigenvalue weighted by Crippen LogP contribution is -2.03. The minimum absolute atomic E-state index is 0.130. The van der Waals surface area contributed by atoms with Gasteiger partial charge in [0.2, 0.25) is 0 Å². The molecule has 0 saturated carbocycles. The van der Waals surface area contributed by atoms with Crippen LogP contribution in [-0.4, -0.2) is 18.2 Å². The van der Waals surface area contributed by atoms with Gasteiger partial charge in [0.1, 0.15) is 5.75 Å². The van der Waals surface area contributed by atoms with Gasteiger partial charge < -0.3 is 9.84 Å². The molecule has 0 amide bonds. The number of allylic oxidation sites excluding steroid dienone is 1. The summed E-state index contributed by atoms with van der Waals surface area (Å²) >= 11 is 0. The van der Waals surface area contributed by atoms with Gasteiger partial charge in [-0.3, -0.25) is 0 Å². The molecular formula is C11H12O3. The van der Waals surface area contributed by atoms with Gasteiger partial charge in [0.05, 0.1) is 12.7 Å². The first-order chi connectivity index (χ1) is 6.69. The number of carbonyl (C=O) groups is 1. The maximum absolute atomic E-state index is 11.3. The molecule has 0 aromatic heterocycles. The molecule has 0 radical (unpaired) electrons. The van der Waals surface area contributed by atoms with E-state index in [1.807, 2.05) is 0 Å². The summed E-state index contributed by atoms with van der Waals surface area (Å²) in [5.74, 6) is -0.274. The van der Waals surface area contributed by atoms with Crippen LogP contribution in [0.4, 0.5) is 0 Å². The van der Waals surface area contributed by atoms with Gasteiger partial charge in [-0.15, -0.1) is 0 Å². The molecule has 0 aliphatic rings. The van der Waals surface area contributed by atoms with E-state index in [-0.39, 0.29) is 5.75 Å². The molecule has 0 aliphatic heterocycles. The Morgan fingerprint density at radius 2 is 2.21 bits per heavy atom. The van der Waals surface area contributed by atoms with Gasteiger partial charge in [0.15, 0.2) is 0 Å². The number of esters is 1. The SMILES string of the molecule is CC=C(C(=O)OC)c1cccc(O)c1. The Balaban J connectivity index is 3.08. The monoisotopic (exact) mass is 192 g/mol. The smallest absolute Gasteiger partial charge is 0.338 e. The summed E-state index contributed by atoms with van der Waals surface area (Å²) in [6.07, 6.45) is 1.65. The van der Waals surface area contributed by atoms with Gasteiger partial charge in [-0.25, -0.2) is 4.79 Å². The van der Waals surface area contributed by atoms with E-state index in [0.29, 0.717) is 11.1 Å². The number of carbonyl (C=O) groups excluding carboxylic acids is 1. The van der Waals surface area contributed by atoms with E-state index in [0.717, 1.165) is 0 Å². The number of phenols is 1. The molecule has 3 nitrogen and oxygen atoms in total. The molecule has 0 aliphatic carbocycles. The second-order valence-electron chi connectivity index (χ2n) is 2.74. The number of rotatable bonds is 2. The van der Waals surface area contributed by atoms with Crippen LogP contribution >= 0.6 is 0 Å². The molecule has 0 bridgehead atoms. The van der Waals surface area contributed by atoms with Crippen LogP contribution in [0.2, 0.25) is 0 Å². The largest absolute Gasteiger partial charge is 0.508 e. The third-order valence-electron chi connectivity index (χ3n) is 1.85. The molecule has 0 fully saturated rings. The van der Waals surface area contributed by atoms with Crippen molar-refractivity contribution in [3.63, 3.8) is 0 Å². The predicted molar refractivity (Wildman–Crippen MR) is 53.8 cm³/mol. The van der Waals surface area contributed by atoms with E-state index < -0.39 is 5.97 Å². The highest BCUT2D eigenvalue weighted by Crippen LogP contribution is 2.19. The lowest BCUT2D eigenvalue weighted by atomic mass is 10.1. The van der Waals surface area contributed by atoms with E-state index in [9.17, 15) is 9.90 Å². The summed E-state index contributed by atoms with van der Waals surface area (Å²) in [5.41, 5.74) is 1.10. The zero-order valence-corrected chi connectivity index (χ0v) is 8.15. The van der Waals surface area contributed by atoms with Gasteiger partial charge in [0, 0.05) is 0 Å². The average Bonchev–Trinajstić information content (AvgIpc) is 2.19. The number of benzene rings is 1. The van der Waals surface area contributed by atoms with Crippen LogP contribution in [0.5, 0.6) is 5.75 Å². The molecule has 0 spiro atoms. The summed E-state index contributed by atoms with van der Waals surface area (Å²) in [5, 5.41) is 9.23. The van der Waals surface area contributed by atoms with Crippen LogP contribution in [-0.2, 0) is 9.53 Å². The second-order valence-corrected chi connectivity index (χ2v) is 2.74. The van der Waals surface area contributed by atoms with E-state index in [2.05, 4.69) is 4.74 Å².